The Morgan fingerprint density at radius 3 is 1.43 bits per heavy atom. The van der Waals surface area contributed by atoms with E-state index in [0.29, 0.717) is 0 Å². The number of anilines is 3. The van der Waals surface area contributed by atoms with Crippen LogP contribution in [0, 0.1) is 0 Å². The van der Waals surface area contributed by atoms with Gasteiger partial charge in [0.1, 0.15) is 0 Å². The van der Waals surface area contributed by atoms with Gasteiger partial charge in [-0.3, -0.25) is 0 Å². The van der Waals surface area contributed by atoms with Gasteiger partial charge in [-0.05, 0) is 127 Å². The molecule has 14 rings (SSSR count). The molecule has 2 heteroatoms. The standard InChI is InChI=1S/C65H42N2/c1-2-18-46(19-3-1)67-63-31-13-9-24-57(63)58-27-15-26-52(64(58)67)45-34-38-48(39-35-45)66(47-36-32-44(33-37-47)51-25-14-17-43-16-4-5-20-50(43)51)49-40-41-56-55-23-8-12-30-61(55)65(62(56)42-49)59-28-10-6-21-53(59)54-22-7-11-29-60(54)65/h1-42H. The van der Waals surface area contributed by atoms with E-state index >= 15 is 0 Å². The molecule has 2 aliphatic carbocycles. The van der Waals surface area contributed by atoms with Gasteiger partial charge >= 0.3 is 0 Å². The van der Waals surface area contributed by atoms with Crippen LogP contribution < -0.4 is 4.90 Å². The summed E-state index contributed by atoms with van der Waals surface area (Å²) in [6.07, 6.45) is 0. The van der Waals surface area contributed by atoms with Gasteiger partial charge in [-0.1, -0.05) is 200 Å². The Balaban J connectivity index is 0.963. The van der Waals surface area contributed by atoms with Crippen molar-refractivity contribution in [3.05, 3.63) is 277 Å². The number of hydrogen-bond donors (Lipinski definition) is 0. The van der Waals surface area contributed by atoms with Crippen molar-refractivity contribution in [3.8, 4) is 50.2 Å². The number of hydrogen-bond acceptors (Lipinski definition) is 1. The fourth-order valence-electron chi connectivity index (χ4n) is 11.8. The molecule has 1 heterocycles. The molecule has 12 aromatic rings. The van der Waals surface area contributed by atoms with Crippen molar-refractivity contribution >= 4 is 49.6 Å². The highest BCUT2D eigenvalue weighted by Gasteiger charge is 2.51. The van der Waals surface area contributed by atoms with E-state index < -0.39 is 5.41 Å². The van der Waals surface area contributed by atoms with Gasteiger partial charge in [0.15, 0.2) is 0 Å². The van der Waals surface area contributed by atoms with Crippen LogP contribution in [0.5, 0.6) is 0 Å². The second-order valence-electron chi connectivity index (χ2n) is 18.0. The average Bonchev–Trinajstić information content (AvgIpc) is 4.01. The van der Waals surface area contributed by atoms with Crippen LogP contribution in [0.1, 0.15) is 22.3 Å². The fourth-order valence-corrected chi connectivity index (χ4v) is 11.8. The van der Waals surface area contributed by atoms with E-state index in [0.717, 1.165) is 22.7 Å². The lowest BCUT2D eigenvalue weighted by Crippen LogP contribution is -2.26. The van der Waals surface area contributed by atoms with E-state index in [2.05, 4.69) is 264 Å². The minimum atomic E-state index is -0.446. The van der Waals surface area contributed by atoms with Crippen LogP contribution >= 0.6 is 0 Å². The van der Waals surface area contributed by atoms with E-state index in [1.165, 1.54) is 99.3 Å². The zero-order valence-electron chi connectivity index (χ0n) is 36.6. The lowest BCUT2D eigenvalue weighted by molar-refractivity contribution is 0.793. The quantitative estimate of drug-likeness (QED) is 0.162. The highest BCUT2D eigenvalue weighted by molar-refractivity contribution is 6.14. The molecule has 0 radical (unpaired) electrons. The molecule has 2 aliphatic rings. The van der Waals surface area contributed by atoms with Gasteiger partial charge in [-0.25, -0.2) is 0 Å². The number of nitrogens with zero attached hydrogens (tertiary/aromatic N) is 2. The summed E-state index contributed by atoms with van der Waals surface area (Å²) in [5, 5.41) is 5.00. The normalized spacial score (nSPS) is 12.9. The third kappa shape index (κ3) is 5.45. The second kappa shape index (κ2) is 14.7. The van der Waals surface area contributed by atoms with Crippen LogP contribution in [0.25, 0.3) is 82.8 Å². The van der Waals surface area contributed by atoms with Crippen molar-refractivity contribution in [1.29, 1.82) is 0 Å². The van der Waals surface area contributed by atoms with Gasteiger partial charge in [-0.2, -0.15) is 0 Å². The lowest BCUT2D eigenvalue weighted by atomic mass is 9.70. The number of benzene rings is 11. The predicted octanol–water partition coefficient (Wildman–Crippen LogP) is 17.1. The number of para-hydroxylation sites is 3. The molecule has 0 fully saturated rings. The number of aromatic nitrogens is 1. The van der Waals surface area contributed by atoms with Crippen molar-refractivity contribution in [3.63, 3.8) is 0 Å². The molecule has 312 valence electrons. The Bertz CT molecular complexity index is 3850. The first-order valence-electron chi connectivity index (χ1n) is 23.3. The molecule has 0 bridgehead atoms. The van der Waals surface area contributed by atoms with Crippen LogP contribution in [-0.2, 0) is 5.41 Å². The molecule has 0 N–H and O–H groups in total. The monoisotopic (exact) mass is 850 g/mol. The van der Waals surface area contributed by atoms with E-state index in [-0.39, 0.29) is 0 Å². The average molecular weight is 851 g/mol. The largest absolute Gasteiger partial charge is 0.310 e. The van der Waals surface area contributed by atoms with Crippen molar-refractivity contribution in [1.82, 2.24) is 4.57 Å². The van der Waals surface area contributed by atoms with Crippen LogP contribution in [-0.4, -0.2) is 4.57 Å². The Morgan fingerprint density at radius 2 is 0.761 bits per heavy atom. The molecule has 0 aliphatic heterocycles. The van der Waals surface area contributed by atoms with Crippen LogP contribution in [0.15, 0.2) is 255 Å². The molecule has 11 aromatic carbocycles. The molecule has 0 atom stereocenters. The number of rotatable bonds is 6. The molecule has 2 nitrogen and oxygen atoms in total. The summed E-state index contributed by atoms with van der Waals surface area (Å²) in [6.45, 7) is 0. The van der Waals surface area contributed by atoms with E-state index in [1.54, 1.807) is 0 Å². The van der Waals surface area contributed by atoms with Crippen LogP contribution in [0.2, 0.25) is 0 Å². The minimum Gasteiger partial charge on any atom is -0.310 e. The highest BCUT2D eigenvalue weighted by atomic mass is 15.1. The van der Waals surface area contributed by atoms with Crippen molar-refractivity contribution in [2.75, 3.05) is 4.90 Å². The molecular formula is C65H42N2. The molecule has 0 amide bonds. The summed E-state index contributed by atoms with van der Waals surface area (Å²) >= 11 is 0. The van der Waals surface area contributed by atoms with Gasteiger partial charge in [-0.15, -0.1) is 0 Å². The minimum absolute atomic E-state index is 0.446. The maximum absolute atomic E-state index is 2.49. The van der Waals surface area contributed by atoms with Crippen LogP contribution in [0.4, 0.5) is 17.1 Å². The Labute approximate surface area is 389 Å². The summed E-state index contributed by atoms with van der Waals surface area (Å²) in [4.78, 5) is 2.45. The summed E-state index contributed by atoms with van der Waals surface area (Å²) in [7, 11) is 0. The summed E-state index contributed by atoms with van der Waals surface area (Å²) in [5.74, 6) is 0. The SMILES string of the molecule is c1ccc(-n2c3ccccc3c3cccc(-c4ccc(N(c5ccc(-c6cccc7ccccc67)cc5)c5ccc6c(c5)C5(c7ccccc7-c7ccccc75)c5ccccc5-6)cc4)c32)cc1. The molecule has 1 aromatic heterocycles. The summed E-state index contributed by atoms with van der Waals surface area (Å²) < 4.78 is 2.43. The van der Waals surface area contributed by atoms with E-state index in [1.807, 2.05) is 0 Å². The zero-order valence-corrected chi connectivity index (χ0v) is 36.6. The number of fused-ring (bicyclic) bond motifs is 14. The molecule has 67 heavy (non-hydrogen) atoms. The molecule has 1 spiro atoms. The topological polar surface area (TPSA) is 8.17 Å². The maximum atomic E-state index is 2.49. The van der Waals surface area contributed by atoms with Gasteiger partial charge in [0.2, 0.25) is 0 Å². The predicted molar refractivity (Wildman–Crippen MR) is 280 cm³/mol. The molecule has 0 saturated carbocycles. The molecular weight excluding hydrogens is 809 g/mol. The Hall–Kier alpha value is -8.72. The fraction of sp³-hybridized carbons (Fsp3) is 0.0154. The van der Waals surface area contributed by atoms with Gasteiger partial charge in [0.25, 0.3) is 0 Å². The van der Waals surface area contributed by atoms with Crippen molar-refractivity contribution in [2.24, 2.45) is 0 Å². The van der Waals surface area contributed by atoms with E-state index in [9.17, 15) is 0 Å². The van der Waals surface area contributed by atoms with Crippen molar-refractivity contribution < 1.29 is 0 Å². The molecule has 0 saturated heterocycles. The summed E-state index contributed by atoms with van der Waals surface area (Å²) in [6, 6.07) is 94.3. The lowest BCUT2D eigenvalue weighted by Gasteiger charge is -2.32. The Kier molecular flexibility index (Phi) is 8.23. The first kappa shape index (κ1) is 37.6. The smallest absolute Gasteiger partial charge is 0.0726 e. The Morgan fingerprint density at radius 1 is 0.299 bits per heavy atom. The third-order valence-corrected chi connectivity index (χ3v) is 14.6. The second-order valence-corrected chi connectivity index (χ2v) is 18.0. The van der Waals surface area contributed by atoms with Gasteiger partial charge in [0, 0.05) is 39.1 Å². The zero-order chi connectivity index (χ0) is 44.1. The third-order valence-electron chi connectivity index (χ3n) is 14.6. The van der Waals surface area contributed by atoms with Gasteiger partial charge in [0.05, 0.1) is 16.4 Å². The molecule has 0 unspecified atom stereocenters. The highest BCUT2D eigenvalue weighted by Crippen LogP contribution is 2.63. The van der Waals surface area contributed by atoms with E-state index in [4.69, 9.17) is 0 Å². The first-order valence-corrected chi connectivity index (χ1v) is 23.3. The van der Waals surface area contributed by atoms with Crippen LogP contribution in [0.3, 0.4) is 0 Å². The van der Waals surface area contributed by atoms with Crippen molar-refractivity contribution in [2.45, 2.75) is 5.41 Å². The maximum Gasteiger partial charge on any atom is 0.0726 e. The van der Waals surface area contributed by atoms with Gasteiger partial charge < -0.3 is 9.47 Å². The first-order chi connectivity index (χ1) is 33.3. The summed E-state index contributed by atoms with van der Waals surface area (Å²) in [5.41, 5.74) is 21.8.